The Labute approximate surface area is 123 Å². The Morgan fingerprint density at radius 1 is 1.43 bits per heavy atom. The number of carbonyl (C=O) groups is 1. The highest BCUT2D eigenvalue weighted by Gasteiger charge is 2.31. The fraction of sp³-hybridized carbons (Fsp3) is 0.400. The van der Waals surface area contributed by atoms with Crippen molar-refractivity contribution in [2.75, 3.05) is 19.6 Å². The quantitative estimate of drug-likeness (QED) is 0.891. The Bertz CT molecular complexity index is 651. The van der Waals surface area contributed by atoms with E-state index in [-0.39, 0.29) is 11.9 Å². The Morgan fingerprint density at radius 3 is 3.00 bits per heavy atom. The van der Waals surface area contributed by atoms with Crippen molar-refractivity contribution in [1.82, 2.24) is 24.8 Å². The first-order valence-corrected chi connectivity index (χ1v) is 7.07. The number of nitrogens with one attached hydrogen (secondary N) is 1. The highest BCUT2D eigenvalue weighted by Crippen LogP contribution is 2.22. The second-order valence-corrected chi connectivity index (χ2v) is 5.37. The highest BCUT2D eigenvalue weighted by molar-refractivity contribution is 5.94. The summed E-state index contributed by atoms with van der Waals surface area (Å²) in [7, 11) is 1.95. The largest absolute Gasteiger partial charge is 0.336 e. The van der Waals surface area contributed by atoms with E-state index in [0.717, 1.165) is 24.5 Å². The molecule has 0 spiro atoms. The Morgan fingerprint density at radius 2 is 2.29 bits per heavy atom. The third-order valence-electron chi connectivity index (χ3n) is 3.78. The lowest BCUT2D eigenvalue weighted by Gasteiger charge is -2.35. The van der Waals surface area contributed by atoms with Crippen LogP contribution in [0.2, 0.25) is 0 Å². The zero-order valence-corrected chi connectivity index (χ0v) is 12.3. The number of rotatable bonds is 2. The fourth-order valence-corrected chi connectivity index (χ4v) is 2.71. The summed E-state index contributed by atoms with van der Waals surface area (Å²) in [5, 5.41) is 3.34. The number of aryl methyl sites for hydroxylation is 2. The number of hydrogen-bond acceptors (Lipinski definition) is 4. The minimum atomic E-state index is -0.0493. The van der Waals surface area contributed by atoms with E-state index in [1.807, 2.05) is 35.7 Å². The molecule has 1 aliphatic rings. The van der Waals surface area contributed by atoms with Crippen LogP contribution in [0.1, 0.15) is 27.8 Å². The number of imidazole rings is 1. The average molecular weight is 285 g/mol. The number of amides is 1. The number of nitrogens with zero attached hydrogens (tertiary/aromatic N) is 4. The third-order valence-corrected chi connectivity index (χ3v) is 3.78. The summed E-state index contributed by atoms with van der Waals surface area (Å²) < 4.78 is 1.96. The number of piperazine rings is 1. The lowest BCUT2D eigenvalue weighted by Crippen LogP contribution is -2.49. The van der Waals surface area contributed by atoms with Crippen LogP contribution in [0.25, 0.3) is 0 Å². The average Bonchev–Trinajstić information content (AvgIpc) is 2.92. The molecule has 1 unspecified atom stereocenters. The summed E-state index contributed by atoms with van der Waals surface area (Å²) >= 11 is 0. The van der Waals surface area contributed by atoms with E-state index < -0.39 is 0 Å². The molecule has 1 saturated heterocycles. The lowest BCUT2D eigenvalue weighted by atomic mass is 10.1. The maximum absolute atomic E-state index is 12.8. The summed E-state index contributed by atoms with van der Waals surface area (Å²) in [4.78, 5) is 23.2. The summed E-state index contributed by atoms with van der Waals surface area (Å²) in [6, 6.07) is 1.83. The molecule has 3 heterocycles. The van der Waals surface area contributed by atoms with Crippen LogP contribution in [0, 0.1) is 6.92 Å². The maximum atomic E-state index is 12.8. The van der Waals surface area contributed by atoms with Crippen LogP contribution in [-0.2, 0) is 7.05 Å². The van der Waals surface area contributed by atoms with Gasteiger partial charge in [-0.3, -0.25) is 9.78 Å². The van der Waals surface area contributed by atoms with Gasteiger partial charge in [0.25, 0.3) is 5.91 Å². The van der Waals surface area contributed by atoms with Crippen LogP contribution >= 0.6 is 0 Å². The first-order chi connectivity index (χ1) is 10.2. The molecule has 1 fully saturated rings. The molecule has 1 atom stereocenters. The van der Waals surface area contributed by atoms with Crippen molar-refractivity contribution in [3.63, 3.8) is 0 Å². The van der Waals surface area contributed by atoms with E-state index in [0.29, 0.717) is 12.1 Å². The van der Waals surface area contributed by atoms with Crippen molar-refractivity contribution in [3.05, 3.63) is 47.8 Å². The molecule has 110 valence electrons. The zero-order chi connectivity index (χ0) is 14.8. The minimum absolute atomic E-state index is 0.0145. The summed E-state index contributed by atoms with van der Waals surface area (Å²) in [6.07, 6.45) is 7.05. The zero-order valence-electron chi connectivity index (χ0n) is 12.3. The van der Waals surface area contributed by atoms with Gasteiger partial charge in [0, 0.05) is 51.5 Å². The molecule has 3 rings (SSSR count). The molecule has 1 amide bonds. The van der Waals surface area contributed by atoms with Crippen molar-refractivity contribution >= 4 is 5.91 Å². The van der Waals surface area contributed by atoms with Gasteiger partial charge in [0.2, 0.25) is 0 Å². The molecule has 0 bridgehead atoms. The Balaban J connectivity index is 1.91. The van der Waals surface area contributed by atoms with Gasteiger partial charge in [-0.2, -0.15) is 0 Å². The summed E-state index contributed by atoms with van der Waals surface area (Å²) in [5.41, 5.74) is 1.63. The Hall–Kier alpha value is -2.21. The van der Waals surface area contributed by atoms with Crippen molar-refractivity contribution < 1.29 is 4.79 Å². The van der Waals surface area contributed by atoms with Gasteiger partial charge >= 0.3 is 0 Å². The van der Waals surface area contributed by atoms with Crippen LogP contribution < -0.4 is 5.32 Å². The van der Waals surface area contributed by atoms with E-state index in [9.17, 15) is 4.79 Å². The number of carbonyl (C=O) groups excluding carboxylic acids is 1. The topological polar surface area (TPSA) is 63.1 Å². The number of aromatic nitrogens is 3. The van der Waals surface area contributed by atoms with Gasteiger partial charge in [-0.1, -0.05) is 0 Å². The monoisotopic (exact) mass is 285 g/mol. The molecule has 2 aromatic rings. The molecule has 21 heavy (non-hydrogen) atoms. The predicted molar refractivity (Wildman–Crippen MR) is 78.8 cm³/mol. The molecule has 0 aliphatic carbocycles. The second-order valence-electron chi connectivity index (χ2n) is 5.37. The minimum Gasteiger partial charge on any atom is -0.336 e. The van der Waals surface area contributed by atoms with Crippen molar-refractivity contribution in [2.24, 2.45) is 7.05 Å². The molecule has 0 radical (unpaired) electrons. The van der Waals surface area contributed by atoms with Crippen LogP contribution in [0.15, 0.2) is 30.9 Å². The third kappa shape index (κ3) is 2.67. The second kappa shape index (κ2) is 5.65. The van der Waals surface area contributed by atoms with Crippen molar-refractivity contribution in [2.45, 2.75) is 13.0 Å². The number of pyridine rings is 1. The van der Waals surface area contributed by atoms with E-state index in [1.165, 1.54) is 0 Å². The highest BCUT2D eigenvalue weighted by atomic mass is 16.2. The van der Waals surface area contributed by atoms with Crippen LogP contribution in [-0.4, -0.2) is 45.0 Å². The molecule has 6 heteroatoms. The molecule has 0 saturated carbocycles. The molecular weight excluding hydrogens is 266 g/mol. The maximum Gasteiger partial charge on any atom is 0.256 e. The van der Waals surface area contributed by atoms with E-state index in [1.54, 1.807) is 18.6 Å². The van der Waals surface area contributed by atoms with Gasteiger partial charge in [0.15, 0.2) is 0 Å². The molecular formula is C15H19N5O. The van der Waals surface area contributed by atoms with Gasteiger partial charge in [0.1, 0.15) is 11.9 Å². The number of hydrogen-bond donors (Lipinski definition) is 1. The normalized spacial score (nSPS) is 18.8. The van der Waals surface area contributed by atoms with E-state index in [4.69, 9.17) is 0 Å². The van der Waals surface area contributed by atoms with Gasteiger partial charge in [-0.25, -0.2) is 4.98 Å². The standard InChI is InChI=1S/C15H19N5O/c1-11-7-12(9-17-8-11)15(21)20-6-3-16-10-13(20)14-18-4-5-19(14)2/h4-5,7-9,13,16H,3,6,10H2,1-2H3. The molecule has 2 aromatic heterocycles. The first kappa shape index (κ1) is 13.8. The molecule has 6 nitrogen and oxygen atoms in total. The smallest absolute Gasteiger partial charge is 0.256 e. The van der Waals surface area contributed by atoms with E-state index in [2.05, 4.69) is 15.3 Å². The van der Waals surface area contributed by atoms with Gasteiger partial charge in [0.05, 0.1) is 5.56 Å². The summed E-state index contributed by atoms with van der Waals surface area (Å²) in [6.45, 7) is 4.13. The molecule has 1 aliphatic heterocycles. The fourth-order valence-electron chi connectivity index (χ4n) is 2.71. The van der Waals surface area contributed by atoms with Crippen molar-refractivity contribution in [3.8, 4) is 0 Å². The summed E-state index contributed by atoms with van der Waals surface area (Å²) in [5.74, 6) is 0.914. The van der Waals surface area contributed by atoms with Crippen LogP contribution in [0.5, 0.6) is 0 Å². The van der Waals surface area contributed by atoms with Crippen LogP contribution in [0.3, 0.4) is 0 Å². The van der Waals surface area contributed by atoms with Crippen LogP contribution in [0.4, 0.5) is 0 Å². The SMILES string of the molecule is Cc1cncc(C(=O)N2CCNCC2c2nccn2C)c1. The van der Waals surface area contributed by atoms with Gasteiger partial charge in [-0.05, 0) is 18.6 Å². The Kier molecular flexibility index (Phi) is 3.70. The van der Waals surface area contributed by atoms with E-state index >= 15 is 0 Å². The molecule has 0 aromatic carbocycles. The first-order valence-electron chi connectivity index (χ1n) is 7.07. The van der Waals surface area contributed by atoms with Gasteiger partial charge < -0.3 is 14.8 Å². The predicted octanol–water partition coefficient (Wildman–Crippen LogP) is 0.910. The van der Waals surface area contributed by atoms with Gasteiger partial charge in [-0.15, -0.1) is 0 Å². The lowest BCUT2D eigenvalue weighted by molar-refractivity contribution is 0.0620. The molecule has 1 N–H and O–H groups in total. The van der Waals surface area contributed by atoms with Crippen molar-refractivity contribution in [1.29, 1.82) is 0 Å².